The van der Waals surface area contributed by atoms with Gasteiger partial charge in [0.25, 0.3) is 0 Å². The molecule has 1 fully saturated rings. The second-order valence-corrected chi connectivity index (χ2v) is 7.07. The van der Waals surface area contributed by atoms with Crippen LogP contribution in [0.15, 0.2) is 91.0 Å². The molecule has 1 heterocycles. The topological polar surface area (TPSA) is 72.2 Å². The number of carboxylic acids is 1. The summed E-state index contributed by atoms with van der Waals surface area (Å²) in [5.74, 6) is -1.60. The van der Waals surface area contributed by atoms with Gasteiger partial charge in [0.2, 0.25) is 5.91 Å². The second kappa shape index (κ2) is 9.31. The molecule has 2 unspecified atom stereocenters. The average molecular weight is 392 g/mol. The number of carbonyl (C=O) groups is 2. The van der Waals surface area contributed by atoms with Crippen molar-refractivity contribution in [2.75, 3.05) is 13.1 Å². The quantitative estimate of drug-likeness (QED) is 0.303. The summed E-state index contributed by atoms with van der Waals surface area (Å²) in [5.41, 5.74) is 2.49. The Morgan fingerprint density at radius 2 is 1.23 bits per heavy atom. The molecule has 1 saturated heterocycles. The van der Waals surface area contributed by atoms with Crippen LogP contribution in [0.25, 0.3) is 0 Å². The van der Waals surface area contributed by atoms with Crippen molar-refractivity contribution in [3.63, 3.8) is 0 Å². The predicted molar refractivity (Wildman–Crippen MR) is 108 cm³/mol. The maximum atomic E-state index is 12.6. The normalized spacial score (nSPS) is 17.5. The van der Waals surface area contributed by atoms with Gasteiger partial charge in [-0.25, -0.2) is 0 Å². The van der Waals surface area contributed by atoms with E-state index in [0.717, 1.165) is 16.7 Å². The molecule has 5 nitrogen and oxygen atoms in total. The number of carbonyl (C=O) groups excluding carboxylic acids is 2. The van der Waals surface area contributed by atoms with E-state index in [0.29, 0.717) is 6.54 Å². The summed E-state index contributed by atoms with van der Waals surface area (Å²) in [7, 11) is 0. The van der Waals surface area contributed by atoms with Crippen LogP contribution in [0.2, 0.25) is 0 Å². The van der Waals surface area contributed by atoms with E-state index >= 15 is 0 Å². The average Bonchev–Trinajstić information content (AvgIpc) is 3.56. The molecular weight excluding hydrogens is 371 g/mol. The molecule has 0 bridgehead atoms. The Hall–Kier alpha value is -2.84. The summed E-state index contributed by atoms with van der Waals surface area (Å²) in [6, 6.07) is 29.8. The molecule has 1 aliphatic rings. The summed E-state index contributed by atoms with van der Waals surface area (Å²) >= 11 is 0. The Morgan fingerprint density at radius 1 is 0.833 bits per heavy atom. The van der Waals surface area contributed by atoms with Gasteiger partial charge in [0.05, 0.1) is 18.1 Å². The van der Waals surface area contributed by atoms with Gasteiger partial charge in [0, 0.05) is 6.54 Å². The van der Waals surface area contributed by atoms with E-state index in [-0.39, 0.29) is 24.8 Å². The first-order valence-corrected chi connectivity index (χ1v) is 9.55. The van der Waals surface area contributed by atoms with Crippen molar-refractivity contribution in [3.8, 4) is 0 Å². The van der Waals surface area contributed by atoms with E-state index in [1.54, 1.807) is 0 Å². The molecule has 0 aliphatic carbocycles. The Bertz CT molecular complexity index is 900. The van der Waals surface area contributed by atoms with Crippen LogP contribution in [-0.4, -0.2) is 35.9 Å². The van der Waals surface area contributed by atoms with Crippen molar-refractivity contribution in [2.24, 2.45) is 0 Å². The summed E-state index contributed by atoms with van der Waals surface area (Å²) in [6.45, 7) is 0.0374. The summed E-state index contributed by atoms with van der Waals surface area (Å²) < 4.78 is 0. The molecule has 1 amide bonds. The molecular formula is C24H21LiN2O3. The third-order valence-corrected chi connectivity index (χ3v) is 5.33. The zero-order valence-corrected chi connectivity index (χ0v) is 16.8. The van der Waals surface area contributed by atoms with E-state index < -0.39 is 24.1 Å². The largest absolute Gasteiger partial charge is 1.00 e. The molecule has 6 heteroatoms. The van der Waals surface area contributed by atoms with Crippen LogP contribution >= 0.6 is 0 Å². The maximum Gasteiger partial charge on any atom is 1.00 e. The van der Waals surface area contributed by atoms with Crippen molar-refractivity contribution in [1.29, 1.82) is 0 Å². The summed E-state index contributed by atoms with van der Waals surface area (Å²) in [5, 5.41) is 13.2. The van der Waals surface area contributed by atoms with Gasteiger partial charge in [0.15, 0.2) is 0 Å². The minimum absolute atomic E-state index is 0. The van der Waals surface area contributed by atoms with Crippen molar-refractivity contribution in [1.82, 2.24) is 10.2 Å². The first-order chi connectivity index (χ1) is 14.1. The number of amides is 1. The van der Waals surface area contributed by atoms with Crippen molar-refractivity contribution in [2.45, 2.75) is 11.6 Å². The van der Waals surface area contributed by atoms with E-state index in [1.165, 1.54) is 0 Å². The van der Waals surface area contributed by atoms with Crippen LogP contribution in [0.3, 0.4) is 0 Å². The maximum absolute atomic E-state index is 12.6. The third kappa shape index (κ3) is 4.06. The molecule has 1 aliphatic heterocycles. The smallest absolute Gasteiger partial charge is 0.548 e. The molecule has 146 valence electrons. The molecule has 3 aromatic rings. The van der Waals surface area contributed by atoms with E-state index in [4.69, 9.17) is 0 Å². The fourth-order valence-corrected chi connectivity index (χ4v) is 4.05. The van der Waals surface area contributed by atoms with Crippen LogP contribution in [-0.2, 0) is 15.1 Å². The van der Waals surface area contributed by atoms with Crippen LogP contribution < -0.4 is 29.3 Å². The Balaban J connectivity index is 0.00000256. The zero-order chi connectivity index (χ0) is 20.3. The van der Waals surface area contributed by atoms with Crippen LogP contribution in [0.5, 0.6) is 0 Å². The molecule has 30 heavy (non-hydrogen) atoms. The van der Waals surface area contributed by atoms with Crippen molar-refractivity contribution < 1.29 is 33.6 Å². The monoisotopic (exact) mass is 392 g/mol. The zero-order valence-electron chi connectivity index (χ0n) is 16.8. The van der Waals surface area contributed by atoms with Gasteiger partial charge in [-0.05, 0) is 16.7 Å². The number of nitrogens with one attached hydrogen (secondary N) is 1. The number of benzene rings is 3. The SMILES string of the molecule is O=C([O-])CNC(=O)C1CN1C(c1ccccc1)(c1ccccc1)c1ccccc1.[Li+]. The predicted octanol–water partition coefficient (Wildman–Crippen LogP) is -1.47. The van der Waals surface area contributed by atoms with Gasteiger partial charge in [-0.2, -0.15) is 0 Å². The molecule has 1 N–H and O–H groups in total. The summed E-state index contributed by atoms with van der Waals surface area (Å²) in [4.78, 5) is 25.5. The standard InChI is InChI=1S/C24H22N2O3.Li/c27-22(28)16-25-23(29)21-17-26(21)24(18-10-4-1-5-11-18,19-12-6-2-7-13-19)20-14-8-3-9-15-20;/h1-15,21H,16-17H2,(H,25,29)(H,27,28);/q;+1/p-1. The van der Waals surface area contributed by atoms with Gasteiger partial charge in [-0.15, -0.1) is 0 Å². The van der Waals surface area contributed by atoms with Crippen LogP contribution in [0.1, 0.15) is 16.7 Å². The Kier molecular flexibility index (Phi) is 6.79. The molecule has 0 radical (unpaired) electrons. The number of rotatable bonds is 7. The number of carboxylic acid groups (broad SMARTS) is 1. The molecule has 2 atom stereocenters. The van der Waals surface area contributed by atoms with Crippen LogP contribution in [0.4, 0.5) is 0 Å². The first-order valence-electron chi connectivity index (χ1n) is 9.55. The first kappa shape index (κ1) is 21.9. The molecule has 0 spiro atoms. The fraction of sp³-hybridized carbons (Fsp3) is 0.167. The number of hydrogen-bond acceptors (Lipinski definition) is 4. The van der Waals surface area contributed by atoms with E-state index in [1.807, 2.05) is 54.6 Å². The van der Waals surface area contributed by atoms with Gasteiger partial charge in [0.1, 0.15) is 6.04 Å². The number of aliphatic carboxylic acids is 1. The Labute approximate surface area is 187 Å². The molecule has 4 rings (SSSR count). The number of nitrogens with zero attached hydrogens (tertiary/aromatic N) is 1. The second-order valence-electron chi connectivity index (χ2n) is 7.07. The minimum atomic E-state index is -1.30. The van der Waals surface area contributed by atoms with Gasteiger partial charge in [-0.1, -0.05) is 91.0 Å². The molecule has 0 aromatic heterocycles. The summed E-state index contributed by atoms with van der Waals surface area (Å²) in [6.07, 6.45) is 0. The third-order valence-electron chi connectivity index (χ3n) is 5.33. The molecule has 3 aromatic carbocycles. The fourth-order valence-electron chi connectivity index (χ4n) is 4.05. The minimum Gasteiger partial charge on any atom is -0.548 e. The van der Waals surface area contributed by atoms with E-state index in [9.17, 15) is 14.7 Å². The van der Waals surface area contributed by atoms with Gasteiger partial charge < -0.3 is 15.2 Å². The molecule has 0 saturated carbocycles. The van der Waals surface area contributed by atoms with Crippen LogP contribution in [0, 0.1) is 0 Å². The van der Waals surface area contributed by atoms with Gasteiger partial charge >= 0.3 is 18.9 Å². The van der Waals surface area contributed by atoms with Gasteiger partial charge in [-0.3, -0.25) is 9.69 Å². The number of hydrogen-bond donors (Lipinski definition) is 1. The van der Waals surface area contributed by atoms with E-state index in [2.05, 4.69) is 46.6 Å². The Morgan fingerprint density at radius 3 is 1.60 bits per heavy atom. The van der Waals surface area contributed by atoms with Crippen molar-refractivity contribution in [3.05, 3.63) is 108 Å². The van der Waals surface area contributed by atoms with Crippen molar-refractivity contribution >= 4 is 11.9 Å².